The van der Waals surface area contributed by atoms with E-state index in [1.54, 1.807) is 0 Å². The highest BCUT2D eigenvalue weighted by molar-refractivity contribution is 5.93. The summed E-state index contributed by atoms with van der Waals surface area (Å²) in [6.45, 7) is 5.86. The third-order valence-corrected chi connectivity index (χ3v) is 7.91. The Labute approximate surface area is 226 Å². The molecule has 15 heteroatoms. The Hall–Kier alpha value is -2.78. The number of aromatic nitrogens is 3. The Kier molecular flexibility index (Phi) is 8.08. The van der Waals surface area contributed by atoms with Crippen molar-refractivity contribution in [3.05, 3.63) is 23.7 Å². The summed E-state index contributed by atoms with van der Waals surface area (Å²) in [6.07, 6.45) is -4.96. The van der Waals surface area contributed by atoms with E-state index in [9.17, 15) is 31.1 Å². The van der Waals surface area contributed by atoms with Crippen molar-refractivity contribution in [3.63, 3.8) is 0 Å². The molecule has 0 atom stereocenters. The van der Waals surface area contributed by atoms with Crippen LogP contribution in [0.2, 0.25) is 0 Å². The largest absolute Gasteiger partial charge is 0.418 e. The fourth-order valence-corrected chi connectivity index (χ4v) is 5.39. The molecule has 0 bridgehead atoms. The van der Waals surface area contributed by atoms with Crippen molar-refractivity contribution in [2.24, 2.45) is 5.41 Å². The molecule has 0 aliphatic carbocycles. The molecule has 3 aliphatic rings. The number of alkyl halides is 6. The SMILES string of the molecule is O=C(NC1CCN(CCN2CCC3(CC2)COC3)CC1)c1ncc2nc(NCC(F)(F)F)cc(C(F)(F)F)c2n1. The Morgan fingerprint density at radius 3 is 2.23 bits per heavy atom. The number of rotatable bonds is 7. The van der Waals surface area contributed by atoms with Crippen LogP contribution >= 0.6 is 0 Å². The second kappa shape index (κ2) is 11.2. The monoisotopic (exact) mass is 575 g/mol. The van der Waals surface area contributed by atoms with Crippen molar-refractivity contribution in [1.29, 1.82) is 0 Å². The van der Waals surface area contributed by atoms with Crippen LogP contribution in [-0.4, -0.2) is 102 Å². The van der Waals surface area contributed by atoms with E-state index >= 15 is 0 Å². The number of fused-ring (bicyclic) bond motifs is 1. The second-order valence-electron chi connectivity index (χ2n) is 10.9. The van der Waals surface area contributed by atoms with Crippen molar-refractivity contribution in [2.45, 2.75) is 44.1 Å². The maximum absolute atomic E-state index is 13.7. The molecular formula is C25H31F6N7O2. The van der Waals surface area contributed by atoms with Gasteiger partial charge in [-0.05, 0) is 44.8 Å². The smallest absolute Gasteiger partial charge is 0.380 e. The molecule has 5 rings (SSSR count). The van der Waals surface area contributed by atoms with Crippen LogP contribution in [0, 0.1) is 5.41 Å². The zero-order valence-electron chi connectivity index (χ0n) is 21.7. The quantitative estimate of drug-likeness (QED) is 0.486. The van der Waals surface area contributed by atoms with Gasteiger partial charge in [0, 0.05) is 37.6 Å². The van der Waals surface area contributed by atoms with Gasteiger partial charge in [-0.15, -0.1) is 0 Å². The number of piperidine rings is 2. The van der Waals surface area contributed by atoms with Gasteiger partial charge in [0.2, 0.25) is 5.82 Å². The van der Waals surface area contributed by atoms with Gasteiger partial charge in [-0.3, -0.25) is 4.79 Å². The number of likely N-dealkylation sites (tertiary alicyclic amines) is 2. The van der Waals surface area contributed by atoms with Crippen molar-refractivity contribution in [3.8, 4) is 0 Å². The zero-order valence-corrected chi connectivity index (χ0v) is 21.7. The maximum Gasteiger partial charge on any atom is 0.418 e. The van der Waals surface area contributed by atoms with Gasteiger partial charge in [-0.25, -0.2) is 15.0 Å². The summed E-state index contributed by atoms with van der Waals surface area (Å²) in [7, 11) is 0. The lowest BCUT2D eigenvalue weighted by Gasteiger charge is -2.47. The number of carbonyl (C=O) groups is 1. The van der Waals surface area contributed by atoms with E-state index in [-0.39, 0.29) is 11.6 Å². The molecule has 3 saturated heterocycles. The molecule has 1 spiro atoms. The van der Waals surface area contributed by atoms with Crippen molar-refractivity contribution >= 4 is 22.8 Å². The molecule has 0 saturated carbocycles. The van der Waals surface area contributed by atoms with E-state index in [0.29, 0.717) is 24.3 Å². The standard InChI is InChI=1S/C25H31F6N7O2/c26-24(27,28)13-33-19-11-17(25(29,30)31)20-18(35-19)12-32-21(36-20)22(39)34-16-1-5-37(6-2-16)9-10-38-7-3-23(4-8-38)14-40-15-23/h11-12,16H,1-10,13-15H2,(H,33,35)(H,34,39). The van der Waals surface area contributed by atoms with E-state index in [4.69, 9.17) is 4.74 Å². The van der Waals surface area contributed by atoms with Gasteiger partial charge in [-0.2, -0.15) is 26.3 Å². The Morgan fingerprint density at radius 2 is 1.65 bits per heavy atom. The van der Waals surface area contributed by atoms with Gasteiger partial charge in [-0.1, -0.05) is 0 Å². The summed E-state index contributed by atoms with van der Waals surface area (Å²) < 4.78 is 84.0. The number of halogens is 6. The van der Waals surface area contributed by atoms with Crippen LogP contribution in [0.4, 0.5) is 32.2 Å². The average molecular weight is 576 g/mol. The molecule has 2 aromatic rings. The first-order valence-corrected chi connectivity index (χ1v) is 13.3. The summed E-state index contributed by atoms with van der Waals surface area (Å²) in [5.41, 5.74) is -1.94. The van der Waals surface area contributed by atoms with Crippen LogP contribution in [0.1, 0.15) is 41.9 Å². The van der Waals surface area contributed by atoms with Crippen molar-refractivity contribution < 1.29 is 35.9 Å². The highest BCUT2D eigenvalue weighted by atomic mass is 19.4. The number of carbonyl (C=O) groups excluding carboxylic acids is 1. The highest BCUT2D eigenvalue weighted by Gasteiger charge is 2.41. The lowest BCUT2D eigenvalue weighted by atomic mass is 9.77. The molecule has 0 radical (unpaired) electrons. The first-order chi connectivity index (χ1) is 18.9. The maximum atomic E-state index is 13.7. The van der Waals surface area contributed by atoms with Crippen molar-refractivity contribution in [1.82, 2.24) is 30.1 Å². The normalized spacial score (nSPS) is 20.9. The summed E-state index contributed by atoms with van der Waals surface area (Å²) in [4.78, 5) is 29.0. The van der Waals surface area contributed by atoms with Crippen LogP contribution in [0.5, 0.6) is 0 Å². The lowest BCUT2D eigenvalue weighted by molar-refractivity contribution is -0.139. The number of hydrogen-bond donors (Lipinski definition) is 2. The number of hydrogen-bond acceptors (Lipinski definition) is 8. The number of anilines is 1. The molecule has 9 nitrogen and oxygen atoms in total. The average Bonchev–Trinajstić information content (AvgIpc) is 2.89. The van der Waals surface area contributed by atoms with Gasteiger partial charge in [0.25, 0.3) is 5.91 Å². The van der Waals surface area contributed by atoms with E-state index in [1.807, 2.05) is 5.32 Å². The van der Waals surface area contributed by atoms with Crippen LogP contribution in [-0.2, 0) is 10.9 Å². The second-order valence-corrected chi connectivity index (χ2v) is 10.9. The molecule has 3 fully saturated rings. The van der Waals surface area contributed by atoms with Gasteiger partial charge < -0.3 is 25.2 Å². The minimum atomic E-state index is -4.94. The van der Waals surface area contributed by atoms with E-state index < -0.39 is 47.5 Å². The van der Waals surface area contributed by atoms with Crippen molar-refractivity contribution in [2.75, 3.05) is 64.3 Å². The van der Waals surface area contributed by atoms with Gasteiger partial charge in [0.1, 0.15) is 23.4 Å². The van der Waals surface area contributed by atoms with E-state index in [0.717, 1.165) is 58.7 Å². The zero-order chi connectivity index (χ0) is 28.5. The molecule has 40 heavy (non-hydrogen) atoms. The van der Waals surface area contributed by atoms with Gasteiger partial charge in [0.05, 0.1) is 25.0 Å². The van der Waals surface area contributed by atoms with E-state index in [2.05, 4.69) is 30.1 Å². The number of ether oxygens (including phenoxy) is 1. The van der Waals surface area contributed by atoms with E-state index in [1.165, 1.54) is 12.8 Å². The summed E-state index contributed by atoms with van der Waals surface area (Å²) in [6, 6.07) is 0.271. The number of pyridine rings is 1. The summed E-state index contributed by atoms with van der Waals surface area (Å²) in [5.74, 6) is -1.80. The number of nitrogens with zero attached hydrogens (tertiary/aromatic N) is 5. The molecule has 3 aliphatic heterocycles. The van der Waals surface area contributed by atoms with Crippen LogP contribution in [0.15, 0.2) is 12.3 Å². The predicted molar refractivity (Wildman–Crippen MR) is 133 cm³/mol. The molecule has 2 aromatic heterocycles. The molecule has 2 N–H and O–H groups in total. The number of nitrogens with one attached hydrogen (secondary N) is 2. The topological polar surface area (TPSA) is 95.5 Å². The summed E-state index contributed by atoms with van der Waals surface area (Å²) in [5, 5.41) is 4.64. The fourth-order valence-electron chi connectivity index (χ4n) is 5.39. The predicted octanol–water partition coefficient (Wildman–Crippen LogP) is 3.32. The first-order valence-electron chi connectivity index (χ1n) is 13.3. The highest BCUT2D eigenvalue weighted by Crippen LogP contribution is 2.38. The molecule has 0 aromatic carbocycles. The Balaban J connectivity index is 1.15. The Bertz CT molecular complexity index is 1200. The third-order valence-electron chi connectivity index (χ3n) is 7.91. The lowest BCUT2D eigenvalue weighted by Crippen LogP contribution is -2.52. The van der Waals surface area contributed by atoms with Crippen LogP contribution < -0.4 is 10.6 Å². The minimum Gasteiger partial charge on any atom is -0.380 e. The van der Waals surface area contributed by atoms with Crippen LogP contribution in [0.25, 0.3) is 11.0 Å². The first kappa shape index (κ1) is 28.7. The molecule has 0 unspecified atom stereocenters. The minimum absolute atomic E-state index is 0.175. The Morgan fingerprint density at radius 1 is 1.00 bits per heavy atom. The molecule has 1 amide bonds. The molecular weight excluding hydrogens is 544 g/mol. The molecule has 220 valence electrons. The van der Waals surface area contributed by atoms with Gasteiger partial charge in [0.15, 0.2) is 0 Å². The molecule has 5 heterocycles. The third kappa shape index (κ3) is 6.92. The summed E-state index contributed by atoms with van der Waals surface area (Å²) >= 11 is 0. The number of amides is 1. The van der Waals surface area contributed by atoms with Gasteiger partial charge >= 0.3 is 12.4 Å². The van der Waals surface area contributed by atoms with Crippen LogP contribution in [0.3, 0.4) is 0 Å². The fraction of sp³-hybridized carbons (Fsp3) is 0.680.